The average molecular weight is 308 g/mol. The normalized spacial score (nSPS) is 13.3. The van der Waals surface area contributed by atoms with E-state index in [2.05, 4.69) is 4.52 Å². The van der Waals surface area contributed by atoms with Crippen LogP contribution in [-0.4, -0.2) is 43.0 Å². The molecule has 0 atom stereocenters. The Morgan fingerprint density at radius 1 is 0.850 bits per heavy atom. The molecular formula is C9H9O10P. The highest BCUT2D eigenvalue weighted by Crippen LogP contribution is 2.40. The third-order valence-corrected chi connectivity index (χ3v) is 1.92. The Kier molecular flexibility index (Phi) is 6.36. The Morgan fingerprint density at radius 3 is 1.65 bits per heavy atom. The van der Waals surface area contributed by atoms with Gasteiger partial charge in [0.25, 0.3) is 0 Å². The standard InChI is InChI=1S/C9H9O10P/c10-7(11)3-1-5(9(14)15)6(2-4-8(12)13)19-20(16,17)18/h1-4H,(H,10,11)(H,12,13)(H,14,15)(H2,16,17,18). The van der Waals surface area contributed by atoms with Gasteiger partial charge in [0.05, 0.1) is 0 Å². The van der Waals surface area contributed by atoms with E-state index in [0.717, 1.165) is 0 Å². The van der Waals surface area contributed by atoms with Crippen molar-refractivity contribution < 1.29 is 48.6 Å². The first-order valence-electron chi connectivity index (χ1n) is 4.57. The average Bonchev–Trinajstić information content (AvgIpc) is 2.22. The monoisotopic (exact) mass is 308 g/mol. The van der Waals surface area contributed by atoms with E-state index in [9.17, 15) is 18.9 Å². The van der Waals surface area contributed by atoms with Crippen molar-refractivity contribution in [1.29, 1.82) is 0 Å². The summed E-state index contributed by atoms with van der Waals surface area (Å²) >= 11 is 0. The molecule has 0 rings (SSSR count). The predicted octanol–water partition coefficient (Wildman–Crippen LogP) is -0.284. The fraction of sp³-hybridized carbons (Fsp3) is 0. The van der Waals surface area contributed by atoms with E-state index in [0.29, 0.717) is 24.3 Å². The Labute approximate surface area is 111 Å². The molecule has 110 valence electrons. The third-order valence-electron chi connectivity index (χ3n) is 1.48. The summed E-state index contributed by atoms with van der Waals surface area (Å²) in [7, 11) is -5.17. The van der Waals surface area contributed by atoms with Gasteiger partial charge in [0.15, 0.2) is 0 Å². The number of carbonyl (C=O) groups is 3. The van der Waals surface area contributed by atoms with Crippen LogP contribution in [0.5, 0.6) is 0 Å². The molecule has 0 aromatic heterocycles. The van der Waals surface area contributed by atoms with Gasteiger partial charge in [-0.1, -0.05) is 0 Å². The fourth-order valence-electron chi connectivity index (χ4n) is 0.858. The molecule has 0 aromatic rings. The van der Waals surface area contributed by atoms with E-state index in [-0.39, 0.29) is 0 Å². The number of hydrogen-bond donors (Lipinski definition) is 5. The summed E-state index contributed by atoms with van der Waals surface area (Å²) in [5.41, 5.74) is -0.951. The molecule has 0 saturated carbocycles. The number of carboxylic acids is 3. The number of carboxylic acid groups (broad SMARTS) is 3. The molecule has 10 nitrogen and oxygen atoms in total. The molecule has 0 aromatic carbocycles. The van der Waals surface area contributed by atoms with Crippen LogP contribution in [0.4, 0.5) is 0 Å². The first kappa shape index (κ1) is 17.6. The van der Waals surface area contributed by atoms with Crippen LogP contribution in [0.3, 0.4) is 0 Å². The Bertz CT molecular complexity index is 549. The molecule has 0 aliphatic heterocycles. The number of phosphoric acid groups is 1. The van der Waals surface area contributed by atoms with Gasteiger partial charge in [-0.25, -0.2) is 18.9 Å². The minimum Gasteiger partial charge on any atom is -0.478 e. The van der Waals surface area contributed by atoms with E-state index in [1.54, 1.807) is 0 Å². The zero-order chi connectivity index (χ0) is 15.9. The zero-order valence-corrected chi connectivity index (χ0v) is 10.4. The molecule has 0 aliphatic carbocycles. The lowest BCUT2D eigenvalue weighted by Gasteiger charge is -2.09. The minimum atomic E-state index is -5.17. The zero-order valence-electron chi connectivity index (χ0n) is 9.53. The Balaban J connectivity index is 5.85. The van der Waals surface area contributed by atoms with Crippen LogP contribution in [-0.2, 0) is 23.5 Å². The van der Waals surface area contributed by atoms with Crippen LogP contribution in [0.2, 0.25) is 0 Å². The molecule has 0 heterocycles. The van der Waals surface area contributed by atoms with Crippen LogP contribution >= 0.6 is 7.82 Å². The second kappa shape index (κ2) is 7.24. The maximum Gasteiger partial charge on any atom is 0.524 e. The van der Waals surface area contributed by atoms with Gasteiger partial charge in [-0.05, 0) is 12.2 Å². The van der Waals surface area contributed by atoms with E-state index in [4.69, 9.17) is 25.1 Å². The molecule has 11 heteroatoms. The van der Waals surface area contributed by atoms with Gasteiger partial charge >= 0.3 is 25.7 Å². The lowest BCUT2D eigenvalue weighted by atomic mass is 10.2. The summed E-state index contributed by atoms with van der Waals surface area (Å²) in [6.07, 6.45) is 1.70. The molecule has 0 radical (unpaired) electrons. The molecule has 20 heavy (non-hydrogen) atoms. The van der Waals surface area contributed by atoms with Gasteiger partial charge in [-0.3, -0.25) is 9.79 Å². The van der Waals surface area contributed by atoms with Gasteiger partial charge in [0.2, 0.25) is 0 Å². The molecule has 0 bridgehead atoms. The number of rotatable bonds is 7. The molecule has 0 fully saturated rings. The van der Waals surface area contributed by atoms with Crippen molar-refractivity contribution >= 4 is 25.7 Å². The van der Waals surface area contributed by atoms with E-state index in [1.165, 1.54) is 0 Å². The SMILES string of the molecule is O=C(O)C=CC(OP(=O)(O)O)=C(C=CC(=O)O)C(=O)O. The lowest BCUT2D eigenvalue weighted by Crippen LogP contribution is -2.05. The highest BCUT2D eigenvalue weighted by molar-refractivity contribution is 7.46. The summed E-state index contributed by atoms with van der Waals surface area (Å²) in [4.78, 5) is 48.7. The molecule has 0 aliphatic rings. The van der Waals surface area contributed by atoms with Crippen LogP contribution in [0, 0.1) is 0 Å². The first-order chi connectivity index (χ1) is 9.03. The van der Waals surface area contributed by atoms with E-state index in [1.807, 2.05) is 0 Å². The van der Waals surface area contributed by atoms with Crippen molar-refractivity contribution in [3.63, 3.8) is 0 Å². The van der Waals surface area contributed by atoms with Crippen LogP contribution < -0.4 is 0 Å². The second-order valence-corrected chi connectivity index (χ2v) is 4.17. The topological polar surface area (TPSA) is 179 Å². The maximum absolute atomic E-state index is 10.9. The highest BCUT2D eigenvalue weighted by atomic mass is 31.2. The number of aliphatic carboxylic acids is 3. The smallest absolute Gasteiger partial charge is 0.478 e. The summed E-state index contributed by atoms with van der Waals surface area (Å²) in [5.74, 6) is -5.85. The molecule has 0 unspecified atom stereocenters. The summed E-state index contributed by atoms with van der Waals surface area (Å²) < 4.78 is 14.7. The molecule has 5 N–H and O–H groups in total. The maximum atomic E-state index is 10.9. The van der Waals surface area contributed by atoms with Crippen molar-refractivity contribution in [3.05, 3.63) is 35.6 Å². The predicted molar refractivity (Wildman–Crippen MR) is 61.3 cm³/mol. The molecular weight excluding hydrogens is 299 g/mol. The summed E-state index contributed by atoms with van der Waals surface area (Å²) in [5, 5.41) is 25.6. The van der Waals surface area contributed by atoms with Crippen LogP contribution in [0.25, 0.3) is 0 Å². The van der Waals surface area contributed by atoms with Crippen molar-refractivity contribution in [2.75, 3.05) is 0 Å². The van der Waals surface area contributed by atoms with Gasteiger partial charge in [0.1, 0.15) is 11.3 Å². The Hall–Kier alpha value is -2.42. The van der Waals surface area contributed by atoms with E-state index < -0.39 is 37.1 Å². The van der Waals surface area contributed by atoms with Gasteiger partial charge in [-0.15, -0.1) is 0 Å². The lowest BCUT2D eigenvalue weighted by molar-refractivity contribution is -0.133. The number of hydrogen-bond acceptors (Lipinski definition) is 5. The van der Waals surface area contributed by atoms with Gasteiger partial charge < -0.3 is 19.8 Å². The number of phosphoric ester groups is 1. The van der Waals surface area contributed by atoms with Crippen molar-refractivity contribution in [1.82, 2.24) is 0 Å². The first-order valence-corrected chi connectivity index (χ1v) is 6.10. The van der Waals surface area contributed by atoms with Crippen molar-refractivity contribution in [3.8, 4) is 0 Å². The number of allylic oxidation sites excluding steroid dienone is 1. The molecule has 0 saturated heterocycles. The van der Waals surface area contributed by atoms with Gasteiger partial charge in [-0.2, -0.15) is 0 Å². The highest BCUT2D eigenvalue weighted by Gasteiger charge is 2.21. The third kappa shape index (κ3) is 7.82. The summed E-state index contributed by atoms with van der Waals surface area (Å²) in [6, 6.07) is 0. The molecule has 0 spiro atoms. The minimum absolute atomic E-state index is 0.364. The molecule has 0 amide bonds. The Morgan fingerprint density at radius 2 is 1.30 bits per heavy atom. The quantitative estimate of drug-likeness (QED) is 0.181. The van der Waals surface area contributed by atoms with Crippen molar-refractivity contribution in [2.24, 2.45) is 0 Å². The summed E-state index contributed by atoms with van der Waals surface area (Å²) in [6.45, 7) is 0. The van der Waals surface area contributed by atoms with Gasteiger partial charge in [0, 0.05) is 12.2 Å². The largest absolute Gasteiger partial charge is 0.524 e. The second-order valence-electron chi connectivity index (χ2n) is 3.01. The van der Waals surface area contributed by atoms with Crippen LogP contribution in [0.1, 0.15) is 0 Å². The van der Waals surface area contributed by atoms with E-state index >= 15 is 0 Å². The van der Waals surface area contributed by atoms with Crippen LogP contribution in [0.15, 0.2) is 35.6 Å². The fourth-order valence-corrected chi connectivity index (χ4v) is 1.27. The van der Waals surface area contributed by atoms with Crippen molar-refractivity contribution in [2.45, 2.75) is 0 Å².